The average Bonchev–Trinajstić information content (AvgIpc) is 3.11. The molecule has 1 aliphatic rings. The number of H-pyrrole nitrogens is 1. The third-order valence-corrected chi connectivity index (χ3v) is 4.85. The van der Waals surface area contributed by atoms with Gasteiger partial charge in [-0.05, 0) is 19.1 Å². The molecular weight excluding hydrogens is 334 g/mol. The number of fused-ring (bicyclic) bond motifs is 3. The van der Waals surface area contributed by atoms with E-state index in [9.17, 15) is 9.59 Å². The van der Waals surface area contributed by atoms with Gasteiger partial charge in [-0.1, -0.05) is 12.1 Å². The van der Waals surface area contributed by atoms with Crippen LogP contribution in [0.5, 0.6) is 0 Å². The third-order valence-electron chi connectivity index (χ3n) is 4.85. The summed E-state index contributed by atoms with van der Waals surface area (Å²) in [5, 5.41) is 7.77. The van der Waals surface area contributed by atoms with E-state index in [2.05, 4.69) is 27.2 Å². The van der Waals surface area contributed by atoms with Gasteiger partial charge in [0.25, 0.3) is 11.5 Å². The molecule has 8 heteroatoms. The zero-order chi connectivity index (χ0) is 18.1. The van der Waals surface area contributed by atoms with Gasteiger partial charge in [0.05, 0.1) is 30.3 Å². The summed E-state index contributed by atoms with van der Waals surface area (Å²) in [6.45, 7) is 5.78. The number of nitrogens with one attached hydrogen (secondary N) is 2. The molecular formula is C18H21N5O3. The Kier molecular flexibility index (Phi) is 4.44. The standard InChI is InChI=1S/C18H21N5O3/c1-12(22-6-8-26-9-7-22)10-19-17(24)14-11-20-23-15-5-3-2-4-13(15)18(25)21-16(14)23/h2-5,11-12H,6-10H2,1H3,(H,19,24)(H,21,25). The topological polar surface area (TPSA) is 91.7 Å². The number of rotatable bonds is 4. The Labute approximate surface area is 149 Å². The maximum Gasteiger partial charge on any atom is 0.259 e. The molecule has 1 amide bonds. The molecule has 2 aromatic heterocycles. The molecule has 3 heterocycles. The van der Waals surface area contributed by atoms with E-state index in [0.717, 1.165) is 26.3 Å². The first-order chi connectivity index (χ1) is 12.6. The van der Waals surface area contributed by atoms with Gasteiger partial charge in [-0.3, -0.25) is 14.5 Å². The first-order valence-corrected chi connectivity index (χ1v) is 8.74. The smallest absolute Gasteiger partial charge is 0.259 e. The van der Waals surface area contributed by atoms with Crippen molar-refractivity contribution in [3.63, 3.8) is 0 Å². The number of para-hydroxylation sites is 1. The molecule has 1 aliphatic heterocycles. The maximum absolute atomic E-state index is 12.6. The molecule has 8 nitrogen and oxygen atoms in total. The summed E-state index contributed by atoms with van der Waals surface area (Å²) in [5.41, 5.74) is 1.21. The van der Waals surface area contributed by atoms with Crippen LogP contribution in [0.25, 0.3) is 16.6 Å². The molecule has 1 atom stereocenters. The number of carbonyl (C=O) groups excluding carboxylic acids is 1. The van der Waals surface area contributed by atoms with Crippen molar-refractivity contribution in [2.45, 2.75) is 13.0 Å². The molecule has 0 spiro atoms. The van der Waals surface area contributed by atoms with Crippen molar-refractivity contribution in [2.75, 3.05) is 32.8 Å². The van der Waals surface area contributed by atoms with Crippen molar-refractivity contribution >= 4 is 22.5 Å². The summed E-state index contributed by atoms with van der Waals surface area (Å²) in [6.07, 6.45) is 1.49. The maximum atomic E-state index is 12.6. The van der Waals surface area contributed by atoms with Gasteiger partial charge >= 0.3 is 0 Å². The van der Waals surface area contributed by atoms with Gasteiger partial charge in [-0.15, -0.1) is 0 Å². The van der Waals surface area contributed by atoms with Gasteiger partial charge in [0.1, 0.15) is 11.2 Å². The van der Waals surface area contributed by atoms with Crippen molar-refractivity contribution in [3.8, 4) is 0 Å². The lowest BCUT2D eigenvalue weighted by atomic mass is 10.2. The molecule has 1 fully saturated rings. The lowest BCUT2D eigenvalue weighted by molar-refractivity contribution is 0.0204. The normalized spacial score (nSPS) is 16.8. The third kappa shape index (κ3) is 2.97. The number of aromatic nitrogens is 3. The molecule has 1 saturated heterocycles. The molecule has 0 bridgehead atoms. The van der Waals surface area contributed by atoms with Gasteiger partial charge in [0, 0.05) is 25.7 Å². The highest BCUT2D eigenvalue weighted by Crippen LogP contribution is 2.14. The number of benzene rings is 1. The number of nitrogens with zero attached hydrogens (tertiary/aromatic N) is 3. The Morgan fingerprint density at radius 3 is 2.92 bits per heavy atom. The number of carbonyl (C=O) groups is 1. The largest absolute Gasteiger partial charge is 0.379 e. The summed E-state index contributed by atoms with van der Waals surface area (Å²) in [7, 11) is 0. The second-order valence-electron chi connectivity index (χ2n) is 6.50. The highest BCUT2D eigenvalue weighted by molar-refractivity contribution is 6.00. The van der Waals surface area contributed by atoms with Crippen molar-refractivity contribution in [1.82, 2.24) is 24.8 Å². The predicted molar refractivity (Wildman–Crippen MR) is 97.5 cm³/mol. The van der Waals surface area contributed by atoms with Gasteiger partial charge in [0.15, 0.2) is 0 Å². The molecule has 4 rings (SSSR count). The van der Waals surface area contributed by atoms with Crippen molar-refractivity contribution in [3.05, 3.63) is 46.4 Å². The summed E-state index contributed by atoms with van der Waals surface area (Å²) < 4.78 is 6.95. The van der Waals surface area contributed by atoms with Crippen LogP contribution in [-0.2, 0) is 4.74 Å². The molecule has 26 heavy (non-hydrogen) atoms. The lowest BCUT2D eigenvalue weighted by Crippen LogP contribution is -2.47. The zero-order valence-electron chi connectivity index (χ0n) is 14.6. The van der Waals surface area contributed by atoms with E-state index in [0.29, 0.717) is 28.7 Å². The Morgan fingerprint density at radius 1 is 1.35 bits per heavy atom. The monoisotopic (exact) mass is 355 g/mol. The number of ether oxygens (including phenoxy) is 1. The fourth-order valence-corrected chi connectivity index (χ4v) is 3.33. The van der Waals surface area contributed by atoms with Gasteiger partial charge in [0.2, 0.25) is 0 Å². The number of morpholine rings is 1. The summed E-state index contributed by atoms with van der Waals surface area (Å²) in [5.74, 6) is -0.244. The van der Waals surface area contributed by atoms with E-state index in [1.165, 1.54) is 6.20 Å². The molecule has 3 aromatic rings. The molecule has 1 unspecified atom stereocenters. The van der Waals surface area contributed by atoms with E-state index in [-0.39, 0.29) is 17.5 Å². The van der Waals surface area contributed by atoms with Crippen molar-refractivity contribution in [1.29, 1.82) is 0 Å². The number of amides is 1. The van der Waals surface area contributed by atoms with E-state index >= 15 is 0 Å². The molecule has 0 radical (unpaired) electrons. The van der Waals surface area contributed by atoms with Crippen LogP contribution in [0.4, 0.5) is 0 Å². The Balaban J connectivity index is 1.56. The SMILES string of the molecule is CC(CNC(=O)c1cnn2c1[nH]c(=O)c1ccccc12)N1CCOCC1. The van der Waals surface area contributed by atoms with E-state index in [4.69, 9.17) is 4.74 Å². The van der Waals surface area contributed by atoms with E-state index in [1.54, 1.807) is 16.6 Å². The van der Waals surface area contributed by atoms with E-state index < -0.39 is 0 Å². The van der Waals surface area contributed by atoms with Gasteiger partial charge in [-0.25, -0.2) is 4.52 Å². The van der Waals surface area contributed by atoms with Crippen LogP contribution in [-0.4, -0.2) is 64.3 Å². The molecule has 136 valence electrons. The average molecular weight is 355 g/mol. The minimum absolute atomic E-state index is 0.213. The van der Waals surface area contributed by atoms with Crippen LogP contribution in [0.2, 0.25) is 0 Å². The molecule has 0 saturated carbocycles. The second-order valence-corrected chi connectivity index (χ2v) is 6.50. The fourth-order valence-electron chi connectivity index (χ4n) is 3.33. The molecule has 1 aromatic carbocycles. The van der Waals surface area contributed by atoms with Crippen LogP contribution >= 0.6 is 0 Å². The lowest BCUT2D eigenvalue weighted by Gasteiger charge is -2.32. The van der Waals surface area contributed by atoms with Crippen LogP contribution in [0.1, 0.15) is 17.3 Å². The molecule has 0 aliphatic carbocycles. The first-order valence-electron chi connectivity index (χ1n) is 8.74. The van der Waals surface area contributed by atoms with Crippen molar-refractivity contribution < 1.29 is 9.53 Å². The Hall–Kier alpha value is -2.71. The van der Waals surface area contributed by atoms with Gasteiger partial charge < -0.3 is 15.0 Å². The first kappa shape index (κ1) is 16.7. The minimum Gasteiger partial charge on any atom is -0.379 e. The summed E-state index contributed by atoms with van der Waals surface area (Å²) in [4.78, 5) is 30.0. The Bertz CT molecular complexity index is 1000. The molecule has 2 N–H and O–H groups in total. The minimum atomic E-state index is -0.244. The number of hydrogen-bond donors (Lipinski definition) is 2. The fraction of sp³-hybridized carbons (Fsp3) is 0.389. The van der Waals surface area contributed by atoms with Crippen molar-refractivity contribution in [2.24, 2.45) is 0 Å². The zero-order valence-corrected chi connectivity index (χ0v) is 14.6. The van der Waals surface area contributed by atoms with Crippen LogP contribution in [0.3, 0.4) is 0 Å². The van der Waals surface area contributed by atoms with E-state index in [1.807, 2.05) is 12.1 Å². The summed E-state index contributed by atoms with van der Waals surface area (Å²) >= 11 is 0. The van der Waals surface area contributed by atoms with Crippen LogP contribution < -0.4 is 10.9 Å². The van der Waals surface area contributed by atoms with Gasteiger partial charge in [-0.2, -0.15) is 5.10 Å². The summed E-state index contributed by atoms with van der Waals surface area (Å²) in [6, 6.07) is 7.40. The second kappa shape index (κ2) is 6.89. The number of hydrogen-bond acceptors (Lipinski definition) is 5. The Morgan fingerprint density at radius 2 is 2.12 bits per heavy atom. The van der Waals surface area contributed by atoms with Crippen LogP contribution in [0.15, 0.2) is 35.3 Å². The quantitative estimate of drug-likeness (QED) is 0.716. The highest BCUT2D eigenvalue weighted by atomic mass is 16.5. The highest BCUT2D eigenvalue weighted by Gasteiger charge is 2.20. The van der Waals surface area contributed by atoms with Crippen LogP contribution in [0, 0.1) is 0 Å². The number of aromatic amines is 1. The predicted octanol–water partition coefficient (Wildman–Crippen LogP) is 0.626.